The molecule has 0 spiro atoms. The zero-order valence-electron chi connectivity index (χ0n) is 17.2. The van der Waals surface area contributed by atoms with Gasteiger partial charge >= 0.3 is 0 Å². The van der Waals surface area contributed by atoms with Crippen molar-refractivity contribution in [2.24, 2.45) is 5.73 Å². The number of aromatic nitrogens is 3. The molecule has 0 atom stereocenters. The number of amides is 2. The minimum atomic E-state index is -0.636. The molecule has 2 amide bonds. The number of nitrogens with one attached hydrogen (secondary N) is 1. The second-order valence-electron chi connectivity index (χ2n) is 7.44. The van der Waals surface area contributed by atoms with E-state index in [2.05, 4.69) is 10.4 Å². The summed E-state index contributed by atoms with van der Waals surface area (Å²) in [4.78, 5) is 28.9. The molecule has 0 radical (unpaired) electrons. The highest BCUT2D eigenvalue weighted by Crippen LogP contribution is 2.36. The molecule has 0 aliphatic carbocycles. The van der Waals surface area contributed by atoms with Gasteiger partial charge in [0.15, 0.2) is 17.1 Å². The van der Waals surface area contributed by atoms with Gasteiger partial charge in [0.05, 0.1) is 35.9 Å². The van der Waals surface area contributed by atoms with Gasteiger partial charge in [-0.1, -0.05) is 23.7 Å². The van der Waals surface area contributed by atoms with Crippen molar-refractivity contribution in [2.45, 2.75) is 6.54 Å². The minimum Gasteiger partial charge on any atom is -0.454 e. The average molecular weight is 464 g/mol. The number of hydrogen-bond donors (Lipinski definition) is 2. The molecule has 0 saturated heterocycles. The van der Waals surface area contributed by atoms with Crippen LogP contribution in [0.4, 0.5) is 0 Å². The highest BCUT2D eigenvalue weighted by atomic mass is 35.5. The Morgan fingerprint density at radius 2 is 1.88 bits per heavy atom. The third-order valence-electron chi connectivity index (χ3n) is 5.19. The first-order chi connectivity index (χ1) is 16.0. The van der Waals surface area contributed by atoms with E-state index in [4.69, 9.17) is 31.8 Å². The second-order valence-corrected chi connectivity index (χ2v) is 7.87. The third-order valence-corrected chi connectivity index (χ3v) is 5.44. The zero-order valence-corrected chi connectivity index (χ0v) is 18.0. The predicted molar refractivity (Wildman–Crippen MR) is 121 cm³/mol. The number of nitrogens with zero attached hydrogens (tertiary/aromatic N) is 3. The summed E-state index contributed by atoms with van der Waals surface area (Å²) >= 11 is 5.99. The van der Waals surface area contributed by atoms with Crippen LogP contribution in [0, 0.1) is 0 Å². The Kier molecular flexibility index (Phi) is 5.31. The van der Waals surface area contributed by atoms with Crippen molar-refractivity contribution in [3.63, 3.8) is 0 Å². The Hall–Kier alpha value is -4.11. The summed E-state index contributed by atoms with van der Waals surface area (Å²) in [6.45, 7) is 0.307. The lowest BCUT2D eigenvalue weighted by Gasteiger charge is -2.10. The van der Waals surface area contributed by atoms with E-state index in [0.717, 1.165) is 11.1 Å². The van der Waals surface area contributed by atoms with E-state index in [1.54, 1.807) is 35.1 Å². The topological polar surface area (TPSA) is 121 Å². The number of rotatable bonds is 6. The summed E-state index contributed by atoms with van der Waals surface area (Å²) in [5, 5.41) is 8.18. The normalized spacial score (nSPS) is 12.2. The Morgan fingerprint density at radius 3 is 2.67 bits per heavy atom. The van der Waals surface area contributed by atoms with Crippen LogP contribution in [0.3, 0.4) is 0 Å². The van der Waals surface area contributed by atoms with Gasteiger partial charge in [-0.25, -0.2) is 9.67 Å². The fraction of sp³-hybridized carbons (Fsp3) is 0.130. The lowest BCUT2D eigenvalue weighted by atomic mass is 10.1. The number of nitrogens with two attached hydrogens (primary N) is 1. The SMILES string of the molecule is NC(=O)CNC(=O)c1cc(-c2ccc3c(c2)OCO3)nc2c1cnn2Cc1ccc(Cl)cc1. The van der Waals surface area contributed by atoms with Crippen molar-refractivity contribution in [2.75, 3.05) is 13.3 Å². The van der Waals surface area contributed by atoms with Gasteiger partial charge in [0.1, 0.15) is 0 Å². The Balaban J connectivity index is 1.61. The number of fused-ring (bicyclic) bond motifs is 2. The van der Waals surface area contributed by atoms with Gasteiger partial charge in [-0.15, -0.1) is 0 Å². The molecule has 9 nitrogen and oxygen atoms in total. The molecule has 2 aromatic heterocycles. The summed E-state index contributed by atoms with van der Waals surface area (Å²) in [5.74, 6) is 0.160. The van der Waals surface area contributed by atoms with E-state index >= 15 is 0 Å². The third kappa shape index (κ3) is 4.18. The van der Waals surface area contributed by atoms with Crippen molar-refractivity contribution in [1.29, 1.82) is 0 Å². The van der Waals surface area contributed by atoms with E-state index in [9.17, 15) is 9.59 Å². The average Bonchev–Trinajstić information content (AvgIpc) is 3.45. The molecule has 3 heterocycles. The standard InChI is InChI=1S/C23H18ClN5O4/c24-15-4-1-13(2-5-15)11-29-22-17(9-27-29)16(23(31)26-10-21(25)30)8-18(28-22)14-3-6-19-20(7-14)33-12-32-19/h1-9H,10-12H2,(H2,25,30)(H,26,31). The van der Waals surface area contributed by atoms with Crippen molar-refractivity contribution < 1.29 is 19.1 Å². The van der Waals surface area contributed by atoms with Gasteiger partial charge in [0, 0.05) is 10.6 Å². The van der Waals surface area contributed by atoms with Crippen LogP contribution in [0.5, 0.6) is 11.5 Å². The van der Waals surface area contributed by atoms with Gasteiger partial charge in [-0.2, -0.15) is 5.10 Å². The maximum Gasteiger partial charge on any atom is 0.252 e. The first-order valence-electron chi connectivity index (χ1n) is 10.1. The molecule has 0 fully saturated rings. The van der Waals surface area contributed by atoms with E-state index in [-0.39, 0.29) is 13.3 Å². The van der Waals surface area contributed by atoms with E-state index in [1.807, 2.05) is 24.3 Å². The van der Waals surface area contributed by atoms with Crippen molar-refractivity contribution in [1.82, 2.24) is 20.1 Å². The quantitative estimate of drug-likeness (QED) is 0.453. The maximum atomic E-state index is 12.9. The lowest BCUT2D eigenvalue weighted by molar-refractivity contribution is -0.117. The maximum absolute atomic E-state index is 12.9. The lowest BCUT2D eigenvalue weighted by Crippen LogP contribution is -2.33. The number of primary amides is 1. The van der Waals surface area contributed by atoms with E-state index in [0.29, 0.717) is 45.4 Å². The van der Waals surface area contributed by atoms with Crippen LogP contribution in [0.15, 0.2) is 54.7 Å². The Morgan fingerprint density at radius 1 is 1.09 bits per heavy atom. The fourth-order valence-electron chi connectivity index (χ4n) is 3.58. The summed E-state index contributed by atoms with van der Waals surface area (Å²) in [5.41, 5.74) is 8.29. The monoisotopic (exact) mass is 463 g/mol. The molecule has 2 aromatic carbocycles. The molecular formula is C23H18ClN5O4. The molecule has 0 saturated carbocycles. The van der Waals surface area contributed by atoms with Gasteiger partial charge in [0.25, 0.3) is 5.91 Å². The molecule has 10 heteroatoms. The van der Waals surface area contributed by atoms with Crippen molar-refractivity contribution in [3.8, 4) is 22.8 Å². The van der Waals surface area contributed by atoms with Gasteiger partial charge in [0.2, 0.25) is 12.7 Å². The van der Waals surface area contributed by atoms with E-state index in [1.165, 1.54) is 0 Å². The largest absolute Gasteiger partial charge is 0.454 e. The second kappa shape index (κ2) is 8.44. The zero-order chi connectivity index (χ0) is 22.9. The van der Waals surface area contributed by atoms with Crippen LogP contribution in [0.2, 0.25) is 5.02 Å². The van der Waals surface area contributed by atoms with Gasteiger partial charge in [-0.05, 0) is 42.0 Å². The summed E-state index contributed by atoms with van der Waals surface area (Å²) in [7, 11) is 0. The molecule has 1 aliphatic rings. The van der Waals surface area contributed by atoms with Crippen LogP contribution in [-0.4, -0.2) is 39.9 Å². The van der Waals surface area contributed by atoms with Crippen LogP contribution in [0.25, 0.3) is 22.3 Å². The van der Waals surface area contributed by atoms with Crippen LogP contribution < -0.4 is 20.5 Å². The highest BCUT2D eigenvalue weighted by molar-refractivity contribution is 6.30. The summed E-state index contributed by atoms with van der Waals surface area (Å²) in [6.07, 6.45) is 1.58. The molecule has 5 rings (SSSR count). The summed E-state index contributed by atoms with van der Waals surface area (Å²) in [6, 6.07) is 14.5. The number of carbonyl (C=O) groups excluding carboxylic acids is 2. The molecule has 0 unspecified atom stereocenters. The van der Waals surface area contributed by atoms with Crippen molar-refractivity contribution in [3.05, 3.63) is 70.9 Å². The molecule has 3 N–H and O–H groups in total. The van der Waals surface area contributed by atoms with Crippen molar-refractivity contribution >= 4 is 34.4 Å². The van der Waals surface area contributed by atoms with Crippen LogP contribution >= 0.6 is 11.6 Å². The van der Waals surface area contributed by atoms with Gasteiger partial charge < -0.3 is 20.5 Å². The smallest absolute Gasteiger partial charge is 0.252 e. The van der Waals surface area contributed by atoms with Gasteiger partial charge in [-0.3, -0.25) is 9.59 Å². The Labute approximate surface area is 193 Å². The van der Waals surface area contributed by atoms with Crippen LogP contribution in [-0.2, 0) is 11.3 Å². The number of halogens is 1. The molecule has 166 valence electrons. The highest BCUT2D eigenvalue weighted by Gasteiger charge is 2.20. The van der Waals surface area contributed by atoms with E-state index < -0.39 is 11.8 Å². The number of pyridine rings is 1. The fourth-order valence-corrected chi connectivity index (χ4v) is 3.71. The molecular weight excluding hydrogens is 446 g/mol. The first kappa shape index (κ1) is 20.8. The summed E-state index contributed by atoms with van der Waals surface area (Å²) < 4.78 is 12.6. The molecule has 4 aromatic rings. The number of hydrogen-bond acceptors (Lipinski definition) is 6. The number of carbonyl (C=O) groups is 2. The first-order valence-corrected chi connectivity index (χ1v) is 10.4. The predicted octanol–water partition coefficient (Wildman–Crippen LogP) is 2.74. The number of ether oxygens (including phenoxy) is 2. The van der Waals surface area contributed by atoms with Crippen LogP contribution in [0.1, 0.15) is 15.9 Å². The molecule has 1 aliphatic heterocycles. The minimum absolute atomic E-state index is 0.153. The number of benzene rings is 2. The molecule has 33 heavy (non-hydrogen) atoms. The Bertz CT molecular complexity index is 1380. The molecule has 0 bridgehead atoms.